The Bertz CT molecular complexity index is 2390. The highest BCUT2D eigenvalue weighted by atomic mass is 31.2. The van der Waals surface area contributed by atoms with Crippen molar-refractivity contribution in [2.45, 2.75) is 225 Å². The summed E-state index contributed by atoms with van der Waals surface area (Å²) in [5.74, 6) is -0.932. The molecule has 0 aliphatic rings. The van der Waals surface area contributed by atoms with Crippen LogP contribution in [0.3, 0.4) is 0 Å². The minimum Gasteiger partial charge on any atom is -0.462 e. The highest BCUT2D eigenvalue weighted by Crippen LogP contribution is 2.43. The Morgan fingerprint density at radius 3 is 0.879 bits per heavy atom. The van der Waals surface area contributed by atoms with Gasteiger partial charge < -0.3 is 20.1 Å². The van der Waals surface area contributed by atoms with Crippen LogP contribution in [-0.4, -0.2) is 49.3 Å². The second-order valence-corrected chi connectivity index (χ2v) is 23.0. The number of hydrogen-bond donors (Lipinski definition) is 2. The van der Waals surface area contributed by atoms with Crippen molar-refractivity contribution >= 4 is 19.8 Å². The fourth-order valence-electron chi connectivity index (χ4n) is 8.23. The topological polar surface area (TPSA) is 134 Å². The number of nitrogens with two attached hydrogens (primary N) is 1. The van der Waals surface area contributed by atoms with Gasteiger partial charge in [-0.1, -0.05) is 289 Å². The predicted molar refractivity (Wildman–Crippen MR) is 394 cm³/mol. The van der Waals surface area contributed by atoms with Crippen LogP contribution in [0.4, 0.5) is 0 Å². The van der Waals surface area contributed by atoms with E-state index >= 15 is 0 Å². The van der Waals surface area contributed by atoms with Gasteiger partial charge >= 0.3 is 19.8 Å². The first-order valence-electron chi connectivity index (χ1n) is 34.5. The van der Waals surface area contributed by atoms with Crippen LogP contribution >= 0.6 is 7.82 Å². The van der Waals surface area contributed by atoms with E-state index in [1.54, 1.807) is 0 Å². The summed E-state index contributed by atoms with van der Waals surface area (Å²) in [5.41, 5.74) is 5.39. The molecule has 0 radical (unpaired) electrons. The molecule has 91 heavy (non-hydrogen) atoms. The number of carbonyl (C=O) groups excluding carboxylic acids is 2. The molecule has 0 aliphatic carbocycles. The molecule has 0 bridgehead atoms. The number of rotatable bonds is 61. The zero-order valence-electron chi connectivity index (χ0n) is 56.5. The fourth-order valence-corrected chi connectivity index (χ4v) is 8.99. The lowest BCUT2D eigenvalue weighted by Crippen LogP contribution is -2.29. The minimum absolute atomic E-state index is 0.0298. The predicted octanol–water partition coefficient (Wildman–Crippen LogP) is 23.2. The van der Waals surface area contributed by atoms with E-state index < -0.39 is 32.5 Å². The molecule has 0 saturated heterocycles. The first kappa shape index (κ1) is 84.8. The average Bonchev–Trinajstić information content (AvgIpc) is 3.74. The number of allylic oxidation sites excluding steroid dienone is 40. The van der Waals surface area contributed by atoms with E-state index in [0.29, 0.717) is 19.3 Å². The summed E-state index contributed by atoms with van der Waals surface area (Å²) in [7, 11) is -4.43. The maximum atomic E-state index is 12.8. The van der Waals surface area contributed by atoms with Crippen molar-refractivity contribution in [3.8, 4) is 0 Å². The van der Waals surface area contributed by atoms with Gasteiger partial charge in [-0.15, -0.1) is 0 Å². The van der Waals surface area contributed by atoms with Crippen molar-refractivity contribution in [1.29, 1.82) is 0 Å². The Balaban J connectivity index is 4.12. The number of ether oxygens (including phenoxy) is 2. The molecule has 2 unspecified atom stereocenters. The van der Waals surface area contributed by atoms with Crippen LogP contribution in [-0.2, 0) is 32.7 Å². The molecule has 0 saturated carbocycles. The Morgan fingerprint density at radius 1 is 0.330 bits per heavy atom. The summed E-state index contributed by atoms with van der Waals surface area (Å²) in [6.07, 6.45) is 117. The van der Waals surface area contributed by atoms with Gasteiger partial charge in [-0.05, 0) is 161 Å². The monoisotopic (exact) mass is 1270 g/mol. The fraction of sp³-hybridized carbons (Fsp3) is 0.481. The molecular formula is C81H122NO8P. The quantitative estimate of drug-likeness (QED) is 0.0264. The van der Waals surface area contributed by atoms with Crippen LogP contribution in [0.5, 0.6) is 0 Å². The highest BCUT2D eigenvalue weighted by Gasteiger charge is 2.26. The van der Waals surface area contributed by atoms with Gasteiger partial charge in [0.25, 0.3) is 0 Å². The Hall–Kier alpha value is -6.19. The van der Waals surface area contributed by atoms with Gasteiger partial charge in [0.15, 0.2) is 6.10 Å². The normalized spacial score (nSPS) is 14.5. The second-order valence-electron chi connectivity index (χ2n) is 21.6. The molecule has 0 aromatic rings. The SMILES string of the molecule is CC/C=C\C/C=C\C/C=C\C/C=C\C/C=C\C/C=C\C/C=C\C/C=C\C/C=C\C/C=C\C/C=C\CCCCCCCCCC(=O)OC(COC(=O)CCC/C=C\C/C=C\C/C=C\C/C=C\C/C=C\C/C=C\C/C=C\C/C=C\C/C=C\CC)COP(=O)(O)OCCN. The van der Waals surface area contributed by atoms with Crippen LogP contribution in [0.2, 0.25) is 0 Å². The van der Waals surface area contributed by atoms with Crippen LogP contribution in [0, 0.1) is 0 Å². The number of unbranched alkanes of at least 4 members (excludes halogenated alkanes) is 8. The van der Waals surface area contributed by atoms with Gasteiger partial charge in [0.05, 0.1) is 13.2 Å². The molecule has 2 atom stereocenters. The first-order valence-corrected chi connectivity index (χ1v) is 36.0. The van der Waals surface area contributed by atoms with E-state index in [4.69, 9.17) is 24.3 Å². The van der Waals surface area contributed by atoms with Gasteiger partial charge in [-0.25, -0.2) is 4.57 Å². The Labute approximate surface area is 555 Å². The lowest BCUT2D eigenvalue weighted by molar-refractivity contribution is -0.161. The number of esters is 2. The minimum atomic E-state index is -4.43. The number of phosphoric acid groups is 1. The molecule has 0 aromatic carbocycles. The van der Waals surface area contributed by atoms with E-state index in [2.05, 4.69) is 251 Å². The van der Waals surface area contributed by atoms with Crippen LogP contribution in [0.25, 0.3) is 0 Å². The maximum absolute atomic E-state index is 12.8. The molecule has 10 heteroatoms. The smallest absolute Gasteiger partial charge is 0.462 e. The van der Waals surface area contributed by atoms with Crippen LogP contribution in [0.15, 0.2) is 243 Å². The molecule has 0 aliphatic heterocycles. The number of carbonyl (C=O) groups is 2. The van der Waals surface area contributed by atoms with Crippen molar-refractivity contribution < 1.29 is 37.6 Å². The molecule has 0 aromatic heterocycles. The Kier molecular flexibility index (Phi) is 67.9. The van der Waals surface area contributed by atoms with Crippen LogP contribution in [0.1, 0.15) is 219 Å². The third-order valence-electron chi connectivity index (χ3n) is 13.2. The molecule has 504 valence electrons. The molecule has 0 spiro atoms. The van der Waals surface area contributed by atoms with Gasteiger partial charge in [0.2, 0.25) is 0 Å². The standard InChI is InChI=1S/C81H122NO8P/c1-3-5-7-9-11-13-15-17-19-21-23-25-27-29-31-33-34-35-36-37-38-39-40-41-42-43-44-46-48-50-52-54-56-58-60-62-64-66-68-70-72-74-81(84)90-79(78-89-91(85,86)88-76-75-82)77-87-80(83)73-71-69-67-65-63-61-59-57-55-53-51-49-47-45-32-30-28-26-24-22-20-18-16-14-12-10-8-6-4-2/h5-8,11-14,17-20,23-26,29-32,34-35,37-38,40-41,43-44,47-50,53-56,59,61,65,67,79H,3-4,9-10,15-16,21-22,27-28,33,36,39,42,45-46,51-52,57-58,60,62-64,66,68-78,82H2,1-2H3,(H,85,86)/b7-5-,8-6-,13-11-,14-12-,19-17-,20-18-,25-23-,26-24-,31-29-,32-30-,35-34-,38-37-,41-40-,44-43-,49-47-,50-48-,55-53-,56-54-,61-59-,67-65-. The van der Waals surface area contributed by atoms with E-state index in [-0.39, 0.29) is 32.6 Å². The van der Waals surface area contributed by atoms with E-state index in [1.807, 2.05) is 6.08 Å². The zero-order chi connectivity index (χ0) is 65.8. The summed E-state index contributed by atoms with van der Waals surface area (Å²) in [6, 6.07) is 0. The van der Waals surface area contributed by atoms with Crippen molar-refractivity contribution in [2.75, 3.05) is 26.4 Å². The van der Waals surface area contributed by atoms with E-state index in [0.717, 1.165) is 167 Å². The van der Waals surface area contributed by atoms with Crippen molar-refractivity contribution in [3.63, 3.8) is 0 Å². The third kappa shape index (κ3) is 72.7. The molecule has 0 rings (SSSR count). The number of hydrogen-bond acceptors (Lipinski definition) is 8. The second kappa shape index (κ2) is 72.9. The maximum Gasteiger partial charge on any atom is 0.472 e. The van der Waals surface area contributed by atoms with Gasteiger partial charge in [0, 0.05) is 19.4 Å². The van der Waals surface area contributed by atoms with E-state index in [1.165, 1.54) is 6.42 Å². The van der Waals surface area contributed by atoms with Crippen molar-refractivity contribution in [1.82, 2.24) is 0 Å². The molecular weight excluding hydrogens is 1150 g/mol. The van der Waals surface area contributed by atoms with Gasteiger partial charge in [0.1, 0.15) is 6.61 Å². The molecule has 9 nitrogen and oxygen atoms in total. The first-order chi connectivity index (χ1) is 44.8. The third-order valence-corrected chi connectivity index (χ3v) is 14.2. The van der Waals surface area contributed by atoms with Crippen molar-refractivity contribution in [2.24, 2.45) is 5.73 Å². The van der Waals surface area contributed by atoms with Gasteiger partial charge in [-0.3, -0.25) is 18.6 Å². The molecule has 0 heterocycles. The summed E-state index contributed by atoms with van der Waals surface area (Å²) in [4.78, 5) is 35.3. The summed E-state index contributed by atoms with van der Waals surface area (Å²) in [6.45, 7) is 3.40. The van der Waals surface area contributed by atoms with Gasteiger partial charge in [-0.2, -0.15) is 0 Å². The summed E-state index contributed by atoms with van der Waals surface area (Å²) in [5, 5.41) is 0. The Morgan fingerprint density at radius 2 is 0.582 bits per heavy atom. The largest absolute Gasteiger partial charge is 0.472 e. The lowest BCUT2D eigenvalue weighted by atomic mass is 10.1. The average molecular weight is 1270 g/mol. The lowest BCUT2D eigenvalue weighted by Gasteiger charge is -2.19. The highest BCUT2D eigenvalue weighted by molar-refractivity contribution is 7.47. The molecule has 0 amide bonds. The summed E-state index contributed by atoms with van der Waals surface area (Å²) >= 11 is 0. The zero-order valence-corrected chi connectivity index (χ0v) is 57.4. The van der Waals surface area contributed by atoms with Crippen molar-refractivity contribution in [3.05, 3.63) is 243 Å². The van der Waals surface area contributed by atoms with Crippen LogP contribution < -0.4 is 5.73 Å². The summed E-state index contributed by atoms with van der Waals surface area (Å²) < 4.78 is 33.1. The molecule has 0 fully saturated rings. The number of phosphoric ester groups is 1. The molecule has 3 N–H and O–H groups in total. The van der Waals surface area contributed by atoms with E-state index in [9.17, 15) is 19.0 Å².